The van der Waals surface area contributed by atoms with Crippen molar-refractivity contribution in [1.82, 2.24) is 0 Å². The highest BCUT2D eigenvalue weighted by Gasteiger charge is 2.19. The molecule has 1 unspecified atom stereocenters. The van der Waals surface area contributed by atoms with Gasteiger partial charge in [-0.15, -0.1) is 0 Å². The van der Waals surface area contributed by atoms with Gasteiger partial charge in [0.2, 0.25) is 0 Å². The van der Waals surface area contributed by atoms with Gasteiger partial charge in [0.25, 0.3) is 0 Å². The van der Waals surface area contributed by atoms with Crippen molar-refractivity contribution >= 4 is 33.2 Å². The number of rotatable bonds is 2. The fraction of sp³-hybridized carbons (Fsp3) is 0.294. The number of halogens is 2. The van der Waals surface area contributed by atoms with E-state index in [1.807, 2.05) is 12.1 Å². The third-order valence-corrected chi connectivity index (χ3v) is 4.93. The SMILES string of the molecule is Cc1c(Cl)cccc1NC1CCc2cc(Br)ccc2C1. The van der Waals surface area contributed by atoms with Crippen molar-refractivity contribution in [2.45, 2.75) is 32.2 Å². The molecule has 0 saturated carbocycles. The van der Waals surface area contributed by atoms with Crippen molar-refractivity contribution in [3.8, 4) is 0 Å². The molecule has 0 spiro atoms. The van der Waals surface area contributed by atoms with E-state index in [9.17, 15) is 0 Å². The van der Waals surface area contributed by atoms with E-state index < -0.39 is 0 Å². The molecule has 1 aliphatic rings. The fourth-order valence-corrected chi connectivity index (χ4v) is 3.41. The van der Waals surface area contributed by atoms with Crippen LogP contribution in [0.5, 0.6) is 0 Å². The fourth-order valence-electron chi connectivity index (χ4n) is 2.83. The minimum Gasteiger partial charge on any atom is -0.382 e. The number of nitrogens with one attached hydrogen (secondary N) is 1. The summed E-state index contributed by atoms with van der Waals surface area (Å²) in [6.45, 7) is 2.07. The molecule has 0 bridgehead atoms. The predicted octanol–water partition coefficient (Wildman–Crippen LogP) is 5.38. The Morgan fingerprint density at radius 1 is 1.20 bits per heavy atom. The smallest absolute Gasteiger partial charge is 0.0455 e. The zero-order valence-corrected chi connectivity index (χ0v) is 13.8. The van der Waals surface area contributed by atoms with Crippen LogP contribution in [-0.2, 0) is 12.8 Å². The number of aryl methyl sites for hydroxylation is 1. The van der Waals surface area contributed by atoms with E-state index in [1.54, 1.807) is 0 Å². The highest BCUT2D eigenvalue weighted by Crippen LogP contribution is 2.29. The van der Waals surface area contributed by atoms with Crippen LogP contribution in [-0.4, -0.2) is 6.04 Å². The van der Waals surface area contributed by atoms with Crippen LogP contribution in [0.1, 0.15) is 23.1 Å². The maximum Gasteiger partial charge on any atom is 0.0455 e. The molecular weight excluding hydrogens is 334 g/mol. The van der Waals surface area contributed by atoms with Gasteiger partial charge >= 0.3 is 0 Å². The summed E-state index contributed by atoms with van der Waals surface area (Å²) in [7, 11) is 0. The van der Waals surface area contributed by atoms with Crippen LogP contribution in [0.4, 0.5) is 5.69 Å². The first-order valence-corrected chi connectivity index (χ1v) is 8.09. The Balaban J connectivity index is 1.77. The predicted molar refractivity (Wildman–Crippen MR) is 89.8 cm³/mol. The molecule has 2 aromatic rings. The van der Waals surface area contributed by atoms with Crippen LogP contribution in [0, 0.1) is 6.92 Å². The highest BCUT2D eigenvalue weighted by molar-refractivity contribution is 9.10. The molecule has 0 saturated heterocycles. The molecule has 3 rings (SSSR count). The largest absolute Gasteiger partial charge is 0.382 e. The van der Waals surface area contributed by atoms with E-state index in [4.69, 9.17) is 11.6 Å². The van der Waals surface area contributed by atoms with Crippen molar-refractivity contribution in [2.75, 3.05) is 5.32 Å². The summed E-state index contributed by atoms with van der Waals surface area (Å²) in [5.74, 6) is 0. The zero-order valence-electron chi connectivity index (χ0n) is 11.4. The molecule has 0 heterocycles. The average molecular weight is 351 g/mol. The number of hydrogen-bond donors (Lipinski definition) is 1. The van der Waals surface area contributed by atoms with Gasteiger partial charge in [-0.1, -0.05) is 39.7 Å². The van der Waals surface area contributed by atoms with Crippen molar-refractivity contribution in [2.24, 2.45) is 0 Å². The molecule has 1 atom stereocenters. The molecule has 0 aliphatic heterocycles. The van der Waals surface area contributed by atoms with Gasteiger partial charge in [-0.05, 0) is 67.1 Å². The Morgan fingerprint density at radius 2 is 2.05 bits per heavy atom. The normalized spacial score (nSPS) is 17.6. The van der Waals surface area contributed by atoms with E-state index in [1.165, 1.54) is 15.6 Å². The lowest BCUT2D eigenvalue weighted by molar-refractivity contribution is 0.610. The highest BCUT2D eigenvalue weighted by atomic mass is 79.9. The zero-order chi connectivity index (χ0) is 14.1. The van der Waals surface area contributed by atoms with E-state index in [0.717, 1.165) is 35.5 Å². The molecule has 2 aromatic carbocycles. The third kappa shape index (κ3) is 2.87. The number of hydrogen-bond acceptors (Lipinski definition) is 1. The Bertz CT molecular complexity index is 639. The van der Waals surface area contributed by atoms with Crippen molar-refractivity contribution in [3.05, 3.63) is 62.6 Å². The summed E-state index contributed by atoms with van der Waals surface area (Å²) < 4.78 is 1.17. The Labute approximate surface area is 133 Å². The lowest BCUT2D eigenvalue weighted by atomic mass is 9.88. The van der Waals surface area contributed by atoms with E-state index in [2.05, 4.69) is 52.4 Å². The van der Waals surface area contributed by atoms with Crippen LogP contribution < -0.4 is 5.32 Å². The Kier molecular flexibility index (Phi) is 4.04. The average Bonchev–Trinajstić information content (AvgIpc) is 2.44. The van der Waals surface area contributed by atoms with Gasteiger partial charge in [-0.25, -0.2) is 0 Å². The van der Waals surface area contributed by atoms with Gasteiger partial charge in [0.1, 0.15) is 0 Å². The number of benzene rings is 2. The van der Waals surface area contributed by atoms with Gasteiger partial charge in [-0.3, -0.25) is 0 Å². The quantitative estimate of drug-likeness (QED) is 0.766. The molecule has 1 aliphatic carbocycles. The minimum atomic E-state index is 0.487. The van der Waals surface area contributed by atoms with Crippen LogP contribution in [0.3, 0.4) is 0 Å². The molecule has 0 radical (unpaired) electrons. The second-order valence-electron chi connectivity index (χ2n) is 5.41. The second-order valence-corrected chi connectivity index (χ2v) is 6.73. The lowest BCUT2D eigenvalue weighted by Gasteiger charge is -2.27. The Hall–Kier alpha value is -0.990. The summed E-state index contributed by atoms with van der Waals surface area (Å²) in [5.41, 5.74) is 5.22. The molecule has 0 aromatic heterocycles. The van der Waals surface area contributed by atoms with Crippen LogP contribution in [0.25, 0.3) is 0 Å². The molecule has 3 heteroatoms. The summed E-state index contributed by atoms with van der Waals surface area (Å²) >= 11 is 9.73. The first kappa shape index (κ1) is 14.0. The van der Waals surface area contributed by atoms with Gasteiger partial charge in [0, 0.05) is 21.2 Å². The molecule has 0 fully saturated rings. The van der Waals surface area contributed by atoms with Gasteiger partial charge in [-0.2, -0.15) is 0 Å². The molecule has 104 valence electrons. The second kappa shape index (κ2) is 5.79. The van der Waals surface area contributed by atoms with Gasteiger partial charge in [0.05, 0.1) is 0 Å². The number of anilines is 1. The molecule has 1 nitrogen and oxygen atoms in total. The molecule has 0 amide bonds. The van der Waals surface area contributed by atoms with E-state index >= 15 is 0 Å². The molecular formula is C17H17BrClN. The first-order chi connectivity index (χ1) is 9.63. The maximum absolute atomic E-state index is 6.18. The van der Waals surface area contributed by atoms with Crippen molar-refractivity contribution in [3.63, 3.8) is 0 Å². The standard InChI is InChI=1S/C17H17BrClN/c1-11-16(19)3-2-4-17(11)20-15-8-6-12-9-14(18)7-5-13(12)10-15/h2-5,7,9,15,20H,6,8,10H2,1H3. The minimum absolute atomic E-state index is 0.487. The van der Waals surface area contributed by atoms with Crippen molar-refractivity contribution < 1.29 is 0 Å². The third-order valence-electron chi connectivity index (χ3n) is 4.02. The first-order valence-electron chi connectivity index (χ1n) is 6.92. The topological polar surface area (TPSA) is 12.0 Å². The van der Waals surface area contributed by atoms with Crippen LogP contribution >= 0.6 is 27.5 Å². The van der Waals surface area contributed by atoms with Crippen LogP contribution in [0.2, 0.25) is 5.02 Å². The van der Waals surface area contributed by atoms with Crippen LogP contribution in [0.15, 0.2) is 40.9 Å². The summed E-state index contributed by atoms with van der Waals surface area (Å²) in [4.78, 5) is 0. The molecule has 1 N–H and O–H groups in total. The van der Waals surface area contributed by atoms with E-state index in [-0.39, 0.29) is 0 Å². The number of fused-ring (bicyclic) bond motifs is 1. The maximum atomic E-state index is 6.18. The van der Waals surface area contributed by atoms with E-state index in [0.29, 0.717) is 6.04 Å². The molecule has 20 heavy (non-hydrogen) atoms. The van der Waals surface area contributed by atoms with Gasteiger partial charge in [0.15, 0.2) is 0 Å². The summed E-state index contributed by atoms with van der Waals surface area (Å²) in [6, 6.07) is 13.2. The Morgan fingerprint density at radius 3 is 2.90 bits per heavy atom. The lowest BCUT2D eigenvalue weighted by Crippen LogP contribution is -2.27. The van der Waals surface area contributed by atoms with Crippen molar-refractivity contribution in [1.29, 1.82) is 0 Å². The summed E-state index contributed by atoms with van der Waals surface area (Å²) in [5, 5.41) is 4.48. The summed E-state index contributed by atoms with van der Waals surface area (Å²) in [6.07, 6.45) is 3.37. The van der Waals surface area contributed by atoms with Gasteiger partial charge < -0.3 is 5.32 Å². The monoisotopic (exact) mass is 349 g/mol.